The van der Waals surface area contributed by atoms with Crippen LogP contribution >= 0.6 is 0 Å². The molecule has 3 amide bonds. The topological polar surface area (TPSA) is 137 Å². The number of nitrogens with zero attached hydrogens (tertiary/aromatic N) is 4. The van der Waals surface area contributed by atoms with Gasteiger partial charge in [-0.1, -0.05) is 12.1 Å². The molecule has 0 unspecified atom stereocenters. The van der Waals surface area contributed by atoms with Gasteiger partial charge in [-0.15, -0.1) is 0 Å². The number of nitrogens with one attached hydrogen (secondary N) is 2. The van der Waals surface area contributed by atoms with E-state index in [-0.39, 0.29) is 24.5 Å². The van der Waals surface area contributed by atoms with Gasteiger partial charge < -0.3 is 20.6 Å². The monoisotopic (exact) mass is 526 g/mol. The molecule has 1 aromatic carbocycles. The van der Waals surface area contributed by atoms with Crippen molar-refractivity contribution in [3.05, 3.63) is 57.5 Å². The molecule has 4 heterocycles. The number of hydrogen-bond acceptors (Lipinski definition) is 7. The molecule has 1 aromatic heterocycles. The Morgan fingerprint density at radius 1 is 1.11 bits per heavy atom. The standard InChI is InChI=1S/C26H31FN6O5/c1-31(2)23(38)21(36)30-26-10-8-25(9-11-26,32-12-3-13-32)15-33-22(37)19(34)18(29-24(26)33)20(35)28-14-16-4-6-17(27)7-5-16/h4-7,34H,3,8-15H2,1-2H3,(H,28,35)(H,30,36). The van der Waals surface area contributed by atoms with Gasteiger partial charge in [-0.2, -0.15) is 0 Å². The number of benzene rings is 1. The number of fused-ring (bicyclic) bond motifs is 2. The Hall–Kier alpha value is -3.80. The van der Waals surface area contributed by atoms with Crippen LogP contribution in [0.25, 0.3) is 0 Å². The Balaban J connectivity index is 1.54. The van der Waals surface area contributed by atoms with E-state index in [0.717, 1.165) is 19.5 Å². The maximum atomic E-state index is 13.5. The van der Waals surface area contributed by atoms with Crippen molar-refractivity contribution in [2.24, 2.45) is 0 Å². The summed E-state index contributed by atoms with van der Waals surface area (Å²) in [6, 6.07) is 5.54. The quantitative estimate of drug-likeness (QED) is 0.481. The van der Waals surface area contributed by atoms with Crippen LogP contribution in [0.3, 0.4) is 0 Å². The third kappa shape index (κ3) is 4.32. The molecule has 3 N–H and O–H groups in total. The maximum Gasteiger partial charge on any atom is 0.311 e. The van der Waals surface area contributed by atoms with E-state index in [2.05, 4.69) is 20.5 Å². The Morgan fingerprint density at radius 2 is 1.76 bits per heavy atom. The van der Waals surface area contributed by atoms with Crippen molar-refractivity contribution in [3.8, 4) is 5.75 Å². The van der Waals surface area contributed by atoms with Crippen molar-refractivity contribution in [2.75, 3.05) is 27.2 Å². The Labute approximate surface area is 218 Å². The summed E-state index contributed by atoms with van der Waals surface area (Å²) in [5.74, 6) is -3.39. The molecule has 2 bridgehead atoms. The second-order valence-corrected chi connectivity index (χ2v) is 10.6. The normalized spacial score (nSPS) is 24.1. The van der Waals surface area contributed by atoms with Gasteiger partial charge in [0.15, 0.2) is 5.69 Å². The third-order valence-electron chi connectivity index (χ3n) is 8.12. The maximum absolute atomic E-state index is 13.5. The molecule has 0 radical (unpaired) electrons. The predicted octanol–water partition coefficient (Wildman–Crippen LogP) is 0.450. The van der Waals surface area contributed by atoms with Crippen LogP contribution in [0.5, 0.6) is 5.75 Å². The van der Waals surface area contributed by atoms with Gasteiger partial charge in [0.25, 0.3) is 11.5 Å². The molecular weight excluding hydrogens is 495 g/mol. The van der Waals surface area contributed by atoms with Crippen LogP contribution < -0.4 is 16.2 Å². The van der Waals surface area contributed by atoms with E-state index in [4.69, 9.17) is 0 Å². The highest BCUT2D eigenvalue weighted by Gasteiger charge is 2.54. The van der Waals surface area contributed by atoms with Gasteiger partial charge in [0, 0.05) is 32.7 Å². The minimum atomic E-state index is -1.16. The summed E-state index contributed by atoms with van der Waals surface area (Å²) >= 11 is 0. The number of hydrogen-bond donors (Lipinski definition) is 3. The van der Waals surface area contributed by atoms with Crippen LogP contribution in [-0.2, 0) is 28.2 Å². The Kier molecular flexibility index (Phi) is 6.46. The van der Waals surface area contributed by atoms with Crippen LogP contribution in [0, 0.1) is 5.82 Å². The fraction of sp³-hybridized carbons (Fsp3) is 0.500. The van der Waals surface area contributed by atoms with E-state index in [1.165, 1.54) is 47.8 Å². The fourth-order valence-corrected chi connectivity index (χ4v) is 5.76. The molecule has 2 fully saturated rings. The van der Waals surface area contributed by atoms with Crippen LogP contribution in [0.2, 0.25) is 0 Å². The van der Waals surface area contributed by atoms with Crippen LogP contribution in [0.15, 0.2) is 29.1 Å². The van der Waals surface area contributed by atoms with E-state index in [1.807, 2.05) is 0 Å². The molecule has 0 atom stereocenters. The first-order valence-corrected chi connectivity index (χ1v) is 12.7. The van der Waals surface area contributed by atoms with Gasteiger partial charge in [-0.05, 0) is 62.9 Å². The van der Waals surface area contributed by atoms with Crippen LogP contribution in [0.1, 0.15) is 54.0 Å². The van der Waals surface area contributed by atoms with E-state index in [1.54, 1.807) is 0 Å². The number of carbonyl (C=O) groups excluding carboxylic acids is 3. The summed E-state index contributed by atoms with van der Waals surface area (Å²) < 4.78 is 14.6. The molecule has 0 spiro atoms. The number of aromatic nitrogens is 2. The average Bonchev–Trinajstić information content (AvgIpc) is 3.07. The minimum absolute atomic E-state index is 0.0237. The van der Waals surface area contributed by atoms with Gasteiger partial charge in [0.1, 0.15) is 11.6 Å². The molecule has 12 heteroatoms. The van der Waals surface area contributed by atoms with Crippen molar-refractivity contribution in [1.82, 2.24) is 30.0 Å². The van der Waals surface area contributed by atoms with Crippen LogP contribution in [0.4, 0.5) is 4.39 Å². The van der Waals surface area contributed by atoms with Gasteiger partial charge >= 0.3 is 11.8 Å². The third-order valence-corrected chi connectivity index (χ3v) is 8.12. The molecule has 202 valence electrons. The fourth-order valence-electron chi connectivity index (χ4n) is 5.76. The van der Waals surface area contributed by atoms with Crippen molar-refractivity contribution in [1.29, 1.82) is 0 Å². The first kappa shape index (κ1) is 25.8. The van der Waals surface area contributed by atoms with Crippen LogP contribution in [-0.4, -0.2) is 74.9 Å². The lowest BCUT2D eigenvalue weighted by Crippen LogP contribution is -2.60. The molecular formula is C26H31FN6O5. The molecule has 4 aliphatic rings. The van der Waals surface area contributed by atoms with Gasteiger partial charge in [-0.3, -0.25) is 28.6 Å². The zero-order chi connectivity index (χ0) is 27.2. The first-order valence-electron chi connectivity index (χ1n) is 12.7. The lowest BCUT2D eigenvalue weighted by molar-refractivity contribution is -0.145. The number of carbonyl (C=O) groups is 3. The van der Waals surface area contributed by atoms with Crippen molar-refractivity contribution < 1.29 is 23.9 Å². The number of rotatable bonds is 5. The second-order valence-electron chi connectivity index (χ2n) is 10.6. The zero-order valence-corrected chi connectivity index (χ0v) is 21.4. The molecule has 2 aromatic rings. The highest BCUT2D eigenvalue weighted by Crippen LogP contribution is 2.48. The summed E-state index contributed by atoms with van der Waals surface area (Å²) in [7, 11) is 2.95. The van der Waals surface area contributed by atoms with Gasteiger partial charge in [-0.25, -0.2) is 9.37 Å². The number of halogens is 1. The molecule has 1 saturated carbocycles. The molecule has 6 rings (SSSR count). The lowest BCUT2D eigenvalue weighted by Gasteiger charge is -2.52. The SMILES string of the molecule is CN(C)C(=O)C(=O)NC12CCC(N3CCC3)(CC1)Cn1c2nc(C(=O)NCc2ccc(F)cc2)c(O)c1=O. The van der Waals surface area contributed by atoms with E-state index in [0.29, 0.717) is 31.2 Å². The molecule has 11 nitrogen and oxygen atoms in total. The lowest BCUT2D eigenvalue weighted by atomic mass is 9.71. The molecule has 38 heavy (non-hydrogen) atoms. The number of likely N-dealkylation sites (N-methyl/N-ethyl adjacent to an activating group) is 1. The Morgan fingerprint density at radius 3 is 2.34 bits per heavy atom. The molecule has 3 aliphatic heterocycles. The highest BCUT2D eigenvalue weighted by atomic mass is 19.1. The summed E-state index contributed by atoms with van der Waals surface area (Å²) in [6.45, 7) is 2.08. The average molecular weight is 527 g/mol. The first-order chi connectivity index (χ1) is 18.0. The van der Waals surface area contributed by atoms with Crippen molar-refractivity contribution in [2.45, 2.75) is 56.3 Å². The summed E-state index contributed by atoms with van der Waals surface area (Å²) in [4.78, 5) is 59.9. The van der Waals surface area contributed by atoms with Crippen molar-refractivity contribution >= 4 is 17.7 Å². The number of likely N-dealkylation sites (tertiary alicyclic amines) is 1. The van der Waals surface area contributed by atoms with Gasteiger partial charge in [0.05, 0.1) is 5.54 Å². The summed E-state index contributed by atoms with van der Waals surface area (Å²) in [6.07, 6.45) is 3.20. The minimum Gasteiger partial charge on any atom is -0.501 e. The molecule has 1 saturated heterocycles. The largest absolute Gasteiger partial charge is 0.501 e. The summed E-state index contributed by atoms with van der Waals surface area (Å²) in [5, 5.41) is 16.3. The number of aromatic hydroxyl groups is 1. The highest BCUT2D eigenvalue weighted by molar-refractivity contribution is 6.35. The van der Waals surface area contributed by atoms with E-state index in [9.17, 15) is 28.7 Å². The number of amides is 3. The smallest absolute Gasteiger partial charge is 0.311 e. The second kappa shape index (κ2) is 9.50. The Bertz CT molecular complexity index is 1340. The summed E-state index contributed by atoms with van der Waals surface area (Å²) in [5.41, 5.74) is -2.11. The van der Waals surface area contributed by atoms with Gasteiger partial charge in [0.2, 0.25) is 5.75 Å². The van der Waals surface area contributed by atoms with E-state index >= 15 is 0 Å². The van der Waals surface area contributed by atoms with E-state index < -0.39 is 46.1 Å². The molecule has 1 aliphatic carbocycles. The predicted molar refractivity (Wildman–Crippen MR) is 134 cm³/mol. The zero-order valence-electron chi connectivity index (χ0n) is 21.4. The van der Waals surface area contributed by atoms with Crippen molar-refractivity contribution in [3.63, 3.8) is 0 Å².